The number of para-hydroxylation sites is 1. The summed E-state index contributed by atoms with van der Waals surface area (Å²) in [5.74, 6) is 0.658. The fraction of sp³-hybridized carbons (Fsp3) is 0.269. The number of methoxy groups -OCH3 is 1. The number of carboxylic acids is 1. The predicted molar refractivity (Wildman–Crippen MR) is 125 cm³/mol. The smallest absolute Gasteiger partial charge is 0.333 e. The molecule has 0 bridgehead atoms. The Hall–Kier alpha value is -3.51. The van der Waals surface area contributed by atoms with Crippen LogP contribution in [0.2, 0.25) is 0 Å². The predicted octanol–water partition coefficient (Wildman–Crippen LogP) is 4.91. The molecule has 0 aliphatic heterocycles. The van der Waals surface area contributed by atoms with E-state index in [-0.39, 0.29) is 0 Å². The van der Waals surface area contributed by atoms with Crippen molar-refractivity contribution < 1.29 is 24.1 Å². The first-order chi connectivity index (χ1) is 15.6. The van der Waals surface area contributed by atoms with E-state index in [4.69, 9.17) is 14.2 Å². The van der Waals surface area contributed by atoms with Gasteiger partial charge in [0.25, 0.3) is 0 Å². The van der Waals surface area contributed by atoms with Crippen LogP contribution in [0.4, 0.5) is 0 Å². The molecule has 0 aliphatic carbocycles. The molecule has 1 aromatic heterocycles. The third-order valence-corrected chi connectivity index (χ3v) is 5.55. The Morgan fingerprint density at radius 3 is 2.47 bits per heavy atom. The zero-order chi connectivity index (χ0) is 22.5. The SMILES string of the molecule is CCOC(Cc1ccc(OCCn2c3ccccc3c3c(OC)cccc32)cc1)C(=O)O. The standard InChI is InChI=1S/C26H27NO5/c1-3-31-24(26(28)29)17-18-11-13-19(14-12-18)32-16-15-27-21-8-5-4-7-20(21)25-22(27)9-6-10-23(25)30-2/h4-14,24H,3,15-17H2,1-2H3,(H,28,29). The van der Waals surface area contributed by atoms with Crippen LogP contribution in [0.3, 0.4) is 0 Å². The van der Waals surface area contributed by atoms with Gasteiger partial charge in [0, 0.05) is 29.3 Å². The Morgan fingerprint density at radius 1 is 1.00 bits per heavy atom. The van der Waals surface area contributed by atoms with Gasteiger partial charge in [0.1, 0.15) is 18.1 Å². The highest BCUT2D eigenvalue weighted by atomic mass is 16.5. The van der Waals surface area contributed by atoms with Gasteiger partial charge in [0.05, 0.1) is 19.2 Å². The molecule has 0 saturated carbocycles. The van der Waals surface area contributed by atoms with Crippen molar-refractivity contribution in [1.29, 1.82) is 0 Å². The summed E-state index contributed by atoms with van der Waals surface area (Å²) in [5, 5.41) is 11.5. The zero-order valence-electron chi connectivity index (χ0n) is 18.3. The molecule has 0 radical (unpaired) electrons. The fourth-order valence-corrected chi connectivity index (χ4v) is 4.09. The Bertz CT molecular complexity index is 1210. The molecule has 1 N–H and O–H groups in total. The number of nitrogens with zero attached hydrogens (tertiary/aromatic N) is 1. The van der Waals surface area contributed by atoms with Crippen molar-refractivity contribution in [2.24, 2.45) is 0 Å². The number of hydrogen-bond donors (Lipinski definition) is 1. The van der Waals surface area contributed by atoms with E-state index in [2.05, 4.69) is 22.8 Å². The number of aliphatic carboxylic acids is 1. The van der Waals surface area contributed by atoms with E-state index in [1.165, 1.54) is 0 Å². The van der Waals surface area contributed by atoms with E-state index in [1.54, 1.807) is 14.0 Å². The average Bonchev–Trinajstić information content (AvgIpc) is 3.14. The van der Waals surface area contributed by atoms with Crippen molar-refractivity contribution in [2.45, 2.75) is 26.0 Å². The van der Waals surface area contributed by atoms with Crippen LogP contribution in [-0.2, 0) is 22.5 Å². The number of hydrogen-bond acceptors (Lipinski definition) is 4. The summed E-state index contributed by atoms with van der Waals surface area (Å²) in [6.45, 7) is 3.35. The minimum absolute atomic E-state index is 0.326. The van der Waals surface area contributed by atoms with E-state index >= 15 is 0 Å². The maximum Gasteiger partial charge on any atom is 0.333 e. The first kappa shape index (κ1) is 21.7. The topological polar surface area (TPSA) is 69.9 Å². The van der Waals surface area contributed by atoms with Gasteiger partial charge in [-0.3, -0.25) is 0 Å². The van der Waals surface area contributed by atoms with Crippen molar-refractivity contribution in [1.82, 2.24) is 4.57 Å². The van der Waals surface area contributed by atoms with Crippen LogP contribution in [0.15, 0.2) is 66.7 Å². The lowest BCUT2D eigenvalue weighted by atomic mass is 10.1. The van der Waals surface area contributed by atoms with E-state index in [1.807, 2.05) is 48.5 Å². The fourth-order valence-electron chi connectivity index (χ4n) is 4.09. The number of aromatic nitrogens is 1. The molecule has 4 aromatic rings. The van der Waals surface area contributed by atoms with Crippen LogP contribution in [0.25, 0.3) is 21.8 Å². The summed E-state index contributed by atoms with van der Waals surface area (Å²) >= 11 is 0. The van der Waals surface area contributed by atoms with Crippen molar-refractivity contribution in [3.63, 3.8) is 0 Å². The Balaban J connectivity index is 1.47. The van der Waals surface area contributed by atoms with E-state index in [9.17, 15) is 9.90 Å². The molecule has 0 amide bonds. The van der Waals surface area contributed by atoms with Gasteiger partial charge < -0.3 is 23.9 Å². The molecule has 3 aromatic carbocycles. The van der Waals surface area contributed by atoms with E-state index < -0.39 is 12.1 Å². The monoisotopic (exact) mass is 433 g/mol. The van der Waals surface area contributed by atoms with Gasteiger partial charge in [-0.2, -0.15) is 0 Å². The molecule has 0 spiro atoms. The number of carboxylic acid groups (broad SMARTS) is 1. The first-order valence-electron chi connectivity index (χ1n) is 10.7. The lowest BCUT2D eigenvalue weighted by Gasteiger charge is -2.13. The first-order valence-corrected chi connectivity index (χ1v) is 10.7. The Kier molecular flexibility index (Phi) is 6.61. The normalized spacial score (nSPS) is 12.2. The van der Waals surface area contributed by atoms with Crippen molar-refractivity contribution in [3.05, 3.63) is 72.3 Å². The minimum atomic E-state index is -0.949. The highest BCUT2D eigenvalue weighted by molar-refractivity contribution is 6.11. The van der Waals surface area contributed by atoms with Gasteiger partial charge in [-0.05, 0) is 42.8 Å². The molecule has 1 atom stereocenters. The van der Waals surface area contributed by atoms with Crippen molar-refractivity contribution in [2.75, 3.05) is 20.3 Å². The van der Waals surface area contributed by atoms with Gasteiger partial charge in [-0.15, -0.1) is 0 Å². The molecule has 32 heavy (non-hydrogen) atoms. The summed E-state index contributed by atoms with van der Waals surface area (Å²) in [4.78, 5) is 11.3. The average molecular weight is 434 g/mol. The van der Waals surface area contributed by atoms with Gasteiger partial charge >= 0.3 is 5.97 Å². The van der Waals surface area contributed by atoms with Crippen molar-refractivity contribution >= 4 is 27.8 Å². The second-order valence-corrected chi connectivity index (χ2v) is 7.50. The molecule has 0 saturated heterocycles. The quantitative estimate of drug-likeness (QED) is 0.385. The molecule has 1 heterocycles. The van der Waals surface area contributed by atoms with E-state index in [0.29, 0.717) is 26.2 Å². The Labute approximate surface area is 186 Å². The minimum Gasteiger partial charge on any atom is -0.496 e. The van der Waals surface area contributed by atoms with Gasteiger partial charge in [0.2, 0.25) is 0 Å². The summed E-state index contributed by atoms with van der Waals surface area (Å²) in [5.41, 5.74) is 3.15. The summed E-state index contributed by atoms with van der Waals surface area (Å²) in [6.07, 6.45) is -0.508. The number of carbonyl (C=O) groups is 1. The van der Waals surface area contributed by atoms with Crippen LogP contribution in [0.1, 0.15) is 12.5 Å². The molecular weight excluding hydrogens is 406 g/mol. The number of benzene rings is 3. The van der Waals surface area contributed by atoms with Crippen LogP contribution in [0, 0.1) is 0 Å². The number of ether oxygens (including phenoxy) is 3. The molecule has 1 unspecified atom stereocenters. The molecular formula is C26H27NO5. The summed E-state index contributed by atoms with van der Waals surface area (Å²) < 4.78 is 19.1. The van der Waals surface area contributed by atoms with Gasteiger partial charge in [-0.1, -0.05) is 36.4 Å². The molecule has 0 aliphatic rings. The second-order valence-electron chi connectivity index (χ2n) is 7.50. The molecule has 0 fully saturated rings. The molecule has 6 nitrogen and oxygen atoms in total. The zero-order valence-corrected chi connectivity index (χ0v) is 18.3. The molecule has 166 valence electrons. The second kappa shape index (κ2) is 9.75. The maximum absolute atomic E-state index is 11.3. The van der Waals surface area contributed by atoms with Gasteiger partial charge in [-0.25, -0.2) is 4.79 Å². The highest BCUT2D eigenvalue weighted by Gasteiger charge is 2.18. The maximum atomic E-state index is 11.3. The molecule has 4 rings (SSSR count). The van der Waals surface area contributed by atoms with Crippen LogP contribution in [-0.4, -0.2) is 42.1 Å². The number of rotatable bonds is 10. The van der Waals surface area contributed by atoms with Crippen molar-refractivity contribution in [3.8, 4) is 11.5 Å². The van der Waals surface area contributed by atoms with E-state index in [0.717, 1.165) is 38.9 Å². The third kappa shape index (κ3) is 4.41. The largest absolute Gasteiger partial charge is 0.496 e. The van der Waals surface area contributed by atoms with Crippen LogP contribution < -0.4 is 9.47 Å². The molecule has 6 heteroatoms. The highest BCUT2D eigenvalue weighted by Crippen LogP contribution is 2.35. The Morgan fingerprint density at radius 2 is 1.75 bits per heavy atom. The lowest BCUT2D eigenvalue weighted by Crippen LogP contribution is -2.26. The summed E-state index contributed by atoms with van der Waals surface area (Å²) in [7, 11) is 1.70. The lowest BCUT2D eigenvalue weighted by molar-refractivity contribution is -0.149. The van der Waals surface area contributed by atoms with Crippen LogP contribution in [0.5, 0.6) is 11.5 Å². The third-order valence-electron chi connectivity index (χ3n) is 5.55. The number of fused-ring (bicyclic) bond motifs is 3. The summed E-state index contributed by atoms with van der Waals surface area (Å²) in [6, 6.07) is 21.9. The van der Waals surface area contributed by atoms with Gasteiger partial charge in [0.15, 0.2) is 6.10 Å². The van der Waals surface area contributed by atoms with Crippen LogP contribution >= 0.6 is 0 Å².